The maximum Gasteiger partial charge on any atom is 0.220 e. The molecule has 5 heteroatoms. The SMILES string of the molecule is CCCC(=O)NCc1nc2ccccc2n1CCCOc1ccc2ccccc2c1. The van der Waals surface area contributed by atoms with Gasteiger partial charge in [0, 0.05) is 13.0 Å². The molecule has 1 N–H and O–H groups in total. The fourth-order valence-electron chi connectivity index (χ4n) is 3.67. The fraction of sp³-hybridized carbons (Fsp3) is 0.280. The summed E-state index contributed by atoms with van der Waals surface area (Å²) in [5, 5.41) is 5.37. The Morgan fingerprint density at radius 1 is 1.03 bits per heavy atom. The molecule has 0 radical (unpaired) electrons. The molecule has 0 atom stereocenters. The molecule has 1 amide bonds. The van der Waals surface area contributed by atoms with Gasteiger partial charge in [-0.1, -0.05) is 49.4 Å². The Labute approximate surface area is 176 Å². The van der Waals surface area contributed by atoms with Gasteiger partial charge in [0.1, 0.15) is 11.6 Å². The lowest BCUT2D eigenvalue weighted by molar-refractivity contribution is -0.121. The van der Waals surface area contributed by atoms with Crippen LogP contribution in [-0.2, 0) is 17.9 Å². The molecule has 0 saturated heterocycles. The summed E-state index contributed by atoms with van der Waals surface area (Å²) in [4.78, 5) is 16.6. The standard InChI is InChI=1S/C25H27N3O2/c1-2-8-25(29)26-18-24-27-22-11-5-6-12-23(22)28(24)15-7-16-30-21-14-13-19-9-3-4-10-20(19)17-21/h3-6,9-14,17H,2,7-8,15-16,18H2,1H3,(H,26,29). The highest BCUT2D eigenvalue weighted by atomic mass is 16.5. The summed E-state index contributed by atoms with van der Waals surface area (Å²) < 4.78 is 8.18. The first kappa shape index (κ1) is 20.0. The van der Waals surface area contributed by atoms with E-state index in [1.165, 1.54) is 10.8 Å². The number of rotatable bonds is 9. The van der Waals surface area contributed by atoms with Crippen molar-refractivity contribution in [3.63, 3.8) is 0 Å². The molecule has 4 rings (SSSR count). The number of imidazole rings is 1. The van der Waals surface area contributed by atoms with Crippen molar-refractivity contribution in [2.75, 3.05) is 6.61 Å². The molecule has 0 aliphatic heterocycles. The predicted molar refractivity (Wildman–Crippen MR) is 121 cm³/mol. The zero-order valence-corrected chi connectivity index (χ0v) is 17.3. The van der Waals surface area contributed by atoms with Crippen LogP contribution in [-0.4, -0.2) is 22.1 Å². The van der Waals surface area contributed by atoms with E-state index in [1.807, 2.05) is 43.3 Å². The number of aryl methyl sites for hydroxylation is 1. The van der Waals surface area contributed by atoms with E-state index >= 15 is 0 Å². The smallest absolute Gasteiger partial charge is 0.220 e. The summed E-state index contributed by atoms with van der Waals surface area (Å²) in [7, 11) is 0. The van der Waals surface area contributed by atoms with Crippen molar-refractivity contribution in [1.82, 2.24) is 14.9 Å². The third-order valence-corrected chi connectivity index (χ3v) is 5.17. The monoisotopic (exact) mass is 401 g/mol. The quantitative estimate of drug-likeness (QED) is 0.398. The molecule has 4 aromatic rings. The maximum atomic E-state index is 11.9. The number of nitrogens with zero attached hydrogens (tertiary/aromatic N) is 2. The Morgan fingerprint density at radius 3 is 2.70 bits per heavy atom. The van der Waals surface area contributed by atoms with Gasteiger partial charge < -0.3 is 14.6 Å². The van der Waals surface area contributed by atoms with Gasteiger partial charge >= 0.3 is 0 Å². The lowest BCUT2D eigenvalue weighted by atomic mass is 10.1. The average molecular weight is 402 g/mol. The van der Waals surface area contributed by atoms with Gasteiger partial charge in [0.15, 0.2) is 0 Å². The van der Waals surface area contributed by atoms with Crippen LogP contribution in [0.15, 0.2) is 66.7 Å². The van der Waals surface area contributed by atoms with Gasteiger partial charge in [-0.05, 0) is 47.9 Å². The number of carbonyl (C=O) groups is 1. The summed E-state index contributed by atoms with van der Waals surface area (Å²) in [6.45, 7) is 3.85. The van der Waals surface area contributed by atoms with Crippen LogP contribution in [0.1, 0.15) is 32.0 Å². The van der Waals surface area contributed by atoms with Gasteiger partial charge in [0.25, 0.3) is 0 Å². The minimum Gasteiger partial charge on any atom is -0.494 e. The molecule has 0 spiro atoms. The largest absolute Gasteiger partial charge is 0.494 e. The van der Waals surface area contributed by atoms with Gasteiger partial charge in [-0.15, -0.1) is 0 Å². The fourth-order valence-corrected chi connectivity index (χ4v) is 3.67. The molecule has 30 heavy (non-hydrogen) atoms. The Balaban J connectivity index is 1.40. The molecule has 0 unspecified atom stereocenters. The van der Waals surface area contributed by atoms with E-state index in [-0.39, 0.29) is 5.91 Å². The average Bonchev–Trinajstić information content (AvgIpc) is 3.13. The number of hydrogen-bond donors (Lipinski definition) is 1. The van der Waals surface area contributed by atoms with Crippen molar-refractivity contribution in [3.05, 3.63) is 72.6 Å². The molecule has 0 fully saturated rings. The second kappa shape index (κ2) is 9.44. The number of amides is 1. The molecule has 1 aromatic heterocycles. The van der Waals surface area contributed by atoms with Crippen molar-refractivity contribution >= 4 is 27.7 Å². The van der Waals surface area contributed by atoms with Gasteiger partial charge in [0.05, 0.1) is 24.2 Å². The molecule has 1 heterocycles. The lowest BCUT2D eigenvalue weighted by Crippen LogP contribution is -2.24. The Hall–Kier alpha value is -3.34. The third-order valence-electron chi connectivity index (χ3n) is 5.17. The van der Waals surface area contributed by atoms with E-state index in [9.17, 15) is 4.79 Å². The molecule has 0 saturated carbocycles. The Bertz CT molecular complexity index is 1150. The van der Waals surface area contributed by atoms with E-state index in [4.69, 9.17) is 9.72 Å². The van der Waals surface area contributed by atoms with Gasteiger partial charge in [0.2, 0.25) is 5.91 Å². The van der Waals surface area contributed by atoms with Crippen LogP contribution < -0.4 is 10.1 Å². The molecule has 0 aliphatic carbocycles. The van der Waals surface area contributed by atoms with Gasteiger partial charge in [-0.2, -0.15) is 0 Å². The predicted octanol–water partition coefficient (Wildman–Crippen LogP) is 5.07. The maximum absolute atomic E-state index is 11.9. The summed E-state index contributed by atoms with van der Waals surface area (Å²) in [6.07, 6.45) is 2.23. The highest BCUT2D eigenvalue weighted by molar-refractivity contribution is 5.83. The number of ether oxygens (including phenoxy) is 1. The van der Waals surface area contributed by atoms with Crippen LogP contribution in [0.2, 0.25) is 0 Å². The van der Waals surface area contributed by atoms with Crippen molar-refractivity contribution < 1.29 is 9.53 Å². The van der Waals surface area contributed by atoms with Crippen molar-refractivity contribution in [3.8, 4) is 5.75 Å². The molecule has 0 aliphatic rings. The van der Waals surface area contributed by atoms with Crippen LogP contribution in [0.4, 0.5) is 0 Å². The summed E-state index contributed by atoms with van der Waals surface area (Å²) in [6, 6.07) is 22.6. The van der Waals surface area contributed by atoms with Crippen LogP contribution in [0, 0.1) is 0 Å². The summed E-state index contributed by atoms with van der Waals surface area (Å²) in [5.41, 5.74) is 2.04. The number of benzene rings is 3. The van der Waals surface area contributed by atoms with E-state index < -0.39 is 0 Å². The number of para-hydroxylation sites is 2. The minimum absolute atomic E-state index is 0.0655. The topological polar surface area (TPSA) is 56.2 Å². The first-order valence-corrected chi connectivity index (χ1v) is 10.6. The molecule has 0 bridgehead atoms. The number of aromatic nitrogens is 2. The lowest BCUT2D eigenvalue weighted by Gasteiger charge is -2.11. The molecular formula is C25H27N3O2. The summed E-state index contributed by atoms with van der Waals surface area (Å²) >= 11 is 0. The Morgan fingerprint density at radius 2 is 1.83 bits per heavy atom. The first-order chi connectivity index (χ1) is 14.7. The zero-order valence-electron chi connectivity index (χ0n) is 17.3. The number of fused-ring (bicyclic) bond motifs is 2. The highest BCUT2D eigenvalue weighted by Crippen LogP contribution is 2.21. The summed E-state index contributed by atoms with van der Waals surface area (Å²) in [5.74, 6) is 1.83. The first-order valence-electron chi connectivity index (χ1n) is 10.6. The van der Waals surface area contributed by atoms with Crippen molar-refractivity contribution in [1.29, 1.82) is 0 Å². The van der Waals surface area contributed by atoms with E-state index in [0.29, 0.717) is 19.6 Å². The van der Waals surface area contributed by atoms with Gasteiger partial charge in [-0.3, -0.25) is 4.79 Å². The van der Waals surface area contributed by atoms with Crippen LogP contribution in [0.3, 0.4) is 0 Å². The highest BCUT2D eigenvalue weighted by Gasteiger charge is 2.11. The van der Waals surface area contributed by atoms with Crippen LogP contribution >= 0.6 is 0 Å². The van der Waals surface area contributed by atoms with Crippen LogP contribution in [0.25, 0.3) is 21.8 Å². The number of hydrogen-bond acceptors (Lipinski definition) is 3. The number of carbonyl (C=O) groups excluding carboxylic acids is 1. The van der Waals surface area contributed by atoms with E-state index in [1.54, 1.807) is 0 Å². The molecule has 154 valence electrons. The zero-order chi connectivity index (χ0) is 20.8. The molecule has 3 aromatic carbocycles. The molecular weight excluding hydrogens is 374 g/mol. The van der Waals surface area contributed by atoms with Crippen LogP contribution in [0.5, 0.6) is 5.75 Å². The minimum atomic E-state index is 0.0655. The van der Waals surface area contributed by atoms with Gasteiger partial charge in [-0.25, -0.2) is 4.98 Å². The normalized spacial score (nSPS) is 11.1. The second-order valence-electron chi connectivity index (χ2n) is 7.41. The van der Waals surface area contributed by atoms with Crippen molar-refractivity contribution in [2.24, 2.45) is 0 Å². The third kappa shape index (κ3) is 4.62. The Kier molecular flexibility index (Phi) is 6.28. The van der Waals surface area contributed by atoms with E-state index in [0.717, 1.165) is 42.0 Å². The number of nitrogens with one attached hydrogen (secondary N) is 1. The van der Waals surface area contributed by atoms with E-state index in [2.05, 4.69) is 40.2 Å². The van der Waals surface area contributed by atoms with Crippen molar-refractivity contribution in [2.45, 2.75) is 39.3 Å². The second-order valence-corrected chi connectivity index (χ2v) is 7.41. The molecule has 5 nitrogen and oxygen atoms in total.